The molecule has 0 aliphatic rings. The quantitative estimate of drug-likeness (QED) is 0.749. The standard InChI is InChI=1S/C10H16N6S/c1-6(5-17-3)13-8-7-4-12-16-9(7)15-10(11-2)14-8/h4,6H,5H2,1-3H3,(H3,11,12,13,14,15,16). The van der Waals surface area contributed by atoms with Crippen LogP contribution in [-0.2, 0) is 0 Å². The topological polar surface area (TPSA) is 78.5 Å². The van der Waals surface area contributed by atoms with Gasteiger partial charge < -0.3 is 10.6 Å². The van der Waals surface area contributed by atoms with Crippen molar-refractivity contribution in [2.45, 2.75) is 13.0 Å². The molecule has 0 bridgehead atoms. The van der Waals surface area contributed by atoms with E-state index in [0.29, 0.717) is 12.0 Å². The molecule has 92 valence electrons. The summed E-state index contributed by atoms with van der Waals surface area (Å²) in [5.41, 5.74) is 0.739. The van der Waals surface area contributed by atoms with Crippen molar-refractivity contribution >= 4 is 34.6 Å². The fraction of sp³-hybridized carbons (Fsp3) is 0.500. The molecule has 6 nitrogen and oxygen atoms in total. The molecule has 3 N–H and O–H groups in total. The summed E-state index contributed by atoms with van der Waals surface area (Å²) >= 11 is 1.80. The van der Waals surface area contributed by atoms with Gasteiger partial charge in [0.25, 0.3) is 0 Å². The molecule has 0 saturated heterocycles. The number of fused-ring (bicyclic) bond motifs is 1. The highest BCUT2D eigenvalue weighted by Gasteiger charge is 2.10. The first-order valence-corrected chi connectivity index (χ1v) is 6.78. The first-order chi connectivity index (χ1) is 8.24. The van der Waals surface area contributed by atoms with Gasteiger partial charge in [-0.1, -0.05) is 0 Å². The summed E-state index contributed by atoms with van der Waals surface area (Å²) in [4.78, 5) is 8.69. The Hall–Kier alpha value is -1.50. The molecule has 17 heavy (non-hydrogen) atoms. The first-order valence-electron chi connectivity index (χ1n) is 5.39. The molecule has 0 aliphatic heterocycles. The first kappa shape index (κ1) is 12.0. The van der Waals surface area contributed by atoms with Gasteiger partial charge in [0.15, 0.2) is 5.65 Å². The van der Waals surface area contributed by atoms with Gasteiger partial charge in [-0.05, 0) is 13.2 Å². The lowest BCUT2D eigenvalue weighted by atomic mass is 10.3. The van der Waals surface area contributed by atoms with E-state index in [9.17, 15) is 0 Å². The summed E-state index contributed by atoms with van der Waals surface area (Å²) in [6, 6.07) is 0.350. The molecule has 0 aliphatic carbocycles. The number of nitrogens with one attached hydrogen (secondary N) is 3. The number of aromatic nitrogens is 4. The molecule has 0 aromatic carbocycles. The highest BCUT2D eigenvalue weighted by Crippen LogP contribution is 2.20. The zero-order valence-corrected chi connectivity index (χ0v) is 10.9. The van der Waals surface area contributed by atoms with Crippen LogP contribution in [0, 0.1) is 0 Å². The third kappa shape index (κ3) is 2.60. The van der Waals surface area contributed by atoms with E-state index in [1.54, 1.807) is 25.0 Å². The third-order valence-electron chi connectivity index (χ3n) is 2.33. The predicted octanol–water partition coefficient (Wildman–Crippen LogP) is 1.56. The van der Waals surface area contributed by atoms with E-state index in [0.717, 1.165) is 22.6 Å². The highest BCUT2D eigenvalue weighted by atomic mass is 32.2. The van der Waals surface area contributed by atoms with Gasteiger partial charge in [0.05, 0.1) is 11.6 Å². The SMILES string of the molecule is CNc1nc(NC(C)CSC)c2cn[nH]c2n1. The molecule has 7 heteroatoms. The van der Waals surface area contributed by atoms with E-state index < -0.39 is 0 Å². The van der Waals surface area contributed by atoms with E-state index in [-0.39, 0.29) is 0 Å². The molecule has 0 spiro atoms. The van der Waals surface area contributed by atoms with Gasteiger partial charge in [0, 0.05) is 18.8 Å². The molecule has 2 aromatic rings. The van der Waals surface area contributed by atoms with Gasteiger partial charge in [-0.3, -0.25) is 5.10 Å². The fourth-order valence-corrected chi connectivity index (χ4v) is 2.17. The predicted molar refractivity (Wildman–Crippen MR) is 72.7 cm³/mol. The molecule has 0 amide bonds. The number of anilines is 2. The van der Waals surface area contributed by atoms with Gasteiger partial charge in [-0.15, -0.1) is 0 Å². The van der Waals surface area contributed by atoms with Gasteiger partial charge >= 0.3 is 0 Å². The van der Waals surface area contributed by atoms with Crippen LogP contribution in [0.15, 0.2) is 6.20 Å². The Labute approximate surface area is 104 Å². The second-order valence-electron chi connectivity index (χ2n) is 3.78. The zero-order valence-electron chi connectivity index (χ0n) is 10.1. The average Bonchev–Trinajstić information content (AvgIpc) is 2.77. The van der Waals surface area contributed by atoms with Gasteiger partial charge in [0.1, 0.15) is 5.82 Å². The number of hydrogen-bond acceptors (Lipinski definition) is 6. The van der Waals surface area contributed by atoms with Gasteiger partial charge in [-0.2, -0.15) is 26.8 Å². The largest absolute Gasteiger partial charge is 0.366 e. The van der Waals surface area contributed by atoms with Crippen LogP contribution in [-0.4, -0.2) is 45.3 Å². The van der Waals surface area contributed by atoms with Crippen molar-refractivity contribution in [1.82, 2.24) is 20.2 Å². The van der Waals surface area contributed by atoms with E-state index in [1.807, 2.05) is 0 Å². The van der Waals surface area contributed by atoms with Crippen LogP contribution >= 0.6 is 11.8 Å². The second kappa shape index (κ2) is 5.22. The number of aromatic amines is 1. The van der Waals surface area contributed by atoms with Crippen molar-refractivity contribution in [2.24, 2.45) is 0 Å². The maximum atomic E-state index is 4.41. The fourth-order valence-electron chi connectivity index (χ4n) is 1.58. The molecule has 1 atom stereocenters. The molecule has 1 unspecified atom stereocenters. The summed E-state index contributed by atoms with van der Waals surface area (Å²) in [5, 5.41) is 14.1. The number of hydrogen-bond donors (Lipinski definition) is 3. The van der Waals surface area contributed by atoms with Crippen LogP contribution in [0.2, 0.25) is 0 Å². The molecule has 0 saturated carbocycles. The summed E-state index contributed by atoms with van der Waals surface area (Å²) in [7, 11) is 1.80. The summed E-state index contributed by atoms with van der Waals surface area (Å²) in [6.45, 7) is 2.13. The molecular formula is C10H16N6S. The van der Waals surface area contributed by atoms with E-state index in [2.05, 4.69) is 44.0 Å². The molecule has 2 heterocycles. The third-order valence-corrected chi connectivity index (χ3v) is 3.17. The summed E-state index contributed by atoms with van der Waals surface area (Å²) in [5.74, 6) is 2.42. The lowest BCUT2D eigenvalue weighted by molar-refractivity contribution is 0.905. The Bertz CT molecular complexity index is 497. The van der Waals surface area contributed by atoms with E-state index >= 15 is 0 Å². The number of rotatable bonds is 5. The lowest BCUT2D eigenvalue weighted by Crippen LogP contribution is -2.19. The van der Waals surface area contributed by atoms with Crippen molar-refractivity contribution in [1.29, 1.82) is 0 Å². The maximum Gasteiger partial charge on any atom is 0.226 e. The molecule has 0 fully saturated rings. The number of thioether (sulfide) groups is 1. The Balaban J connectivity index is 2.33. The highest BCUT2D eigenvalue weighted by molar-refractivity contribution is 7.98. The smallest absolute Gasteiger partial charge is 0.226 e. The van der Waals surface area contributed by atoms with Crippen LogP contribution in [0.25, 0.3) is 11.0 Å². The second-order valence-corrected chi connectivity index (χ2v) is 4.69. The minimum absolute atomic E-state index is 0.350. The molecule has 0 radical (unpaired) electrons. The monoisotopic (exact) mass is 252 g/mol. The normalized spacial score (nSPS) is 12.6. The van der Waals surface area contributed by atoms with Gasteiger partial charge in [-0.25, -0.2) is 0 Å². The minimum atomic E-state index is 0.350. The van der Waals surface area contributed by atoms with Crippen LogP contribution in [0.3, 0.4) is 0 Å². The van der Waals surface area contributed by atoms with Crippen molar-refractivity contribution < 1.29 is 0 Å². The summed E-state index contributed by atoms with van der Waals surface area (Å²) in [6.07, 6.45) is 3.83. The molecule has 2 aromatic heterocycles. The van der Waals surface area contributed by atoms with Crippen LogP contribution in [0.4, 0.5) is 11.8 Å². The summed E-state index contributed by atoms with van der Waals surface area (Å²) < 4.78 is 0. The Kier molecular flexibility index (Phi) is 3.68. The van der Waals surface area contributed by atoms with Gasteiger partial charge in [0.2, 0.25) is 5.95 Å². The van der Waals surface area contributed by atoms with Crippen LogP contribution in [0.1, 0.15) is 6.92 Å². The van der Waals surface area contributed by atoms with Crippen LogP contribution < -0.4 is 10.6 Å². The minimum Gasteiger partial charge on any atom is -0.366 e. The molecular weight excluding hydrogens is 236 g/mol. The van der Waals surface area contributed by atoms with Crippen molar-refractivity contribution in [2.75, 3.05) is 29.7 Å². The number of H-pyrrole nitrogens is 1. The van der Waals surface area contributed by atoms with Crippen LogP contribution in [0.5, 0.6) is 0 Å². The maximum absolute atomic E-state index is 4.41. The van der Waals surface area contributed by atoms with Crippen molar-refractivity contribution in [3.63, 3.8) is 0 Å². The lowest BCUT2D eigenvalue weighted by Gasteiger charge is -2.14. The van der Waals surface area contributed by atoms with E-state index in [4.69, 9.17) is 0 Å². The van der Waals surface area contributed by atoms with Crippen molar-refractivity contribution in [3.8, 4) is 0 Å². The zero-order chi connectivity index (χ0) is 12.3. The Morgan fingerprint density at radius 3 is 3.00 bits per heavy atom. The number of nitrogens with zero attached hydrogens (tertiary/aromatic N) is 3. The molecule has 2 rings (SSSR count). The van der Waals surface area contributed by atoms with E-state index in [1.165, 1.54) is 0 Å². The van der Waals surface area contributed by atoms with Crippen molar-refractivity contribution in [3.05, 3.63) is 6.20 Å². The Morgan fingerprint density at radius 1 is 1.47 bits per heavy atom. The average molecular weight is 252 g/mol. The Morgan fingerprint density at radius 2 is 2.29 bits per heavy atom.